The summed E-state index contributed by atoms with van der Waals surface area (Å²) in [7, 11) is 0. The first kappa shape index (κ1) is 11.9. The van der Waals surface area contributed by atoms with E-state index in [4.69, 9.17) is 10.5 Å². The maximum Gasteiger partial charge on any atom is 0.137 e. The van der Waals surface area contributed by atoms with Gasteiger partial charge >= 0.3 is 0 Å². The van der Waals surface area contributed by atoms with Crippen LogP contribution in [-0.2, 0) is 0 Å². The van der Waals surface area contributed by atoms with Crippen molar-refractivity contribution in [1.29, 1.82) is 0 Å². The van der Waals surface area contributed by atoms with E-state index >= 15 is 0 Å². The number of ether oxygens (including phenoxy) is 1. The van der Waals surface area contributed by atoms with Crippen LogP contribution in [0, 0.1) is 11.6 Å². The van der Waals surface area contributed by atoms with E-state index < -0.39 is 11.6 Å². The minimum atomic E-state index is -0.485. The molecule has 0 saturated heterocycles. The first-order valence-corrected chi connectivity index (χ1v) is 5.53. The highest BCUT2D eigenvalue weighted by molar-refractivity contribution is 9.10. The average Bonchev–Trinajstić information content (AvgIpc) is 2.22. The largest absolute Gasteiger partial charge is 0.457 e. The zero-order valence-electron chi connectivity index (χ0n) is 8.58. The van der Waals surface area contributed by atoms with E-state index in [2.05, 4.69) is 15.9 Å². The number of halogens is 3. The second kappa shape index (κ2) is 4.71. The summed E-state index contributed by atoms with van der Waals surface area (Å²) in [5.41, 5.74) is 5.74. The first-order chi connectivity index (χ1) is 8.04. The lowest BCUT2D eigenvalue weighted by molar-refractivity contribution is 0.474. The van der Waals surface area contributed by atoms with Gasteiger partial charge in [-0.25, -0.2) is 8.78 Å². The summed E-state index contributed by atoms with van der Waals surface area (Å²) < 4.78 is 31.7. The quantitative estimate of drug-likeness (QED) is 0.847. The lowest BCUT2D eigenvalue weighted by Crippen LogP contribution is -1.90. The molecule has 2 rings (SSSR count). The fourth-order valence-electron chi connectivity index (χ4n) is 1.32. The Morgan fingerprint density at radius 3 is 2.41 bits per heavy atom. The number of hydrogen-bond acceptors (Lipinski definition) is 2. The summed E-state index contributed by atoms with van der Waals surface area (Å²) >= 11 is 3.03. The van der Waals surface area contributed by atoms with Crippen molar-refractivity contribution in [2.75, 3.05) is 5.73 Å². The van der Waals surface area contributed by atoms with E-state index in [1.165, 1.54) is 36.4 Å². The van der Waals surface area contributed by atoms with E-state index in [-0.39, 0.29) is 15.9 Å². The van der Waals surface area contributed by atoms with Crippen LogP contribution in [0.2, 0.25) is 0 Å². The van der Waals surface area contributed by atoms with Gasteiger partial charge in [0, 0.05) is 17.8 Å². The highest BCUT2D eigenvalue weighted by Crippen LogP contribution is 2.27. The Labute approximate surface area is 105 Å². The summed E-state index contributed by atoms with van der Waals surface area (Å²) in [4.78, 5) is 0. The molecule has 2 N–H and O–H groups in total. The fraction of sp³-hybridized carbons (Fsp3) is 0. The van der Waals surface area contributed by atoms with Gasteiger partial charge in [-0.3, -0.25) is 0 Å². The van der Waals surface area contributed by atoms with Crippen molar-refractivity contribution < 1.29 is 13.5 Å². The SMILES string of the molecule is Nc1cc(F)cc(Oc2ccc(F)c(Br)c2)c1. The molecule has 0 heterocycles. The summed E-state index contributed by atoms with van der Waals surface area (Å²) in [6.07, 6.45) is 0. The number of anilines is 1. The van der Waals surface area contributed by atoms with Crippen LogP contribution >= 0.6 is 15.9 Å². The van der Waals surface area contributed by atoms with E-state index in [1.807, 2.05) is 0 Å². The van der Waals surface area contributed by atoms with Crippen molar-refractivity contribution >= 4 is 21.6 Å². The molecule has 0 bridgehead atoms. The van der Waals surface area contributed by atoms with Gasteiger partial charge in [0.2, 0.25) is 0 Å². The second-order valence-corrected chi connectivity index (χ2v) is 4.25. The highest BCUT2D eigenvalue weighted by Gasteiger charge is 2.04. The molecule has 0 aliphatic carbocycles. The van der Waals surface area contributed by atoms with E-state index in [1.54, 1.807) is 0 Å². The molecule has 17 heavy (non-hydrogen) atoms. The van der Waals surface area contributed by atoms with Crippen molar-refractivity contribution in [1.82, 2.24) is 0 Å². The molecule has 0 aliphatic rings. The summed E-state index contributed by atoms with van der Waals surface area (Å²) in [5.74, 6) is -0.221. The summed E-state index contributed by atoms with van der Waals surface area (Å²) in [6.45, 7) is 0. The number of hydrogen-bond donors (Lipinski definition) is 1. The molecule has 0 aromatic heterocycles. The molecule has 0 radical (unpaired) electrons. The molecule has 0 aliphatic heterocycles. The van der Waals surface area contributed by atoms with Gasteiger partial charge in [-0.1, -0.05) is 0 Å². The van der Waals surface area contributed by atoms with Gasteiger partial charge < -0.3 is 10.5 Å². The molecule has 0 unspecified atom stereocenters. The van der Waals surface area contributed by atoms with Crippen LogP contribution in [0.4, 0.5) is 14.5 Å². The molecule has 0 fully saturated rings. The summed E-state index contributed by atoms with van der Waals surface area (Å²) in [5, 5.41) is 0. The van der Waals surface area contributed by atoms with Crippen LogP contribution in [-0.4, -0.2) is 0 Å². The molecular weight excluding hydrogens is 292 g/mol. The molecule has 2 nitrogen and oxygen atoms in total. The van der Waals surface area contributed by atoms with Crippen molar-refractivity contribution in [3.05, 3.63) is 52.5 Å². The van der Waals surface area contributed by atoms with Crippen LogP contribution in [0.25, 0.3) is 0 Å². The average molecular weight is 300 g/mol. The van der Waals surface area contributed by atoms with Gasteiger partial charge in [0.05, 0.1) is 4.47 Å². The summed E-state index contributed by atoms with van der Waals surface area (Å²) in [6, 6.07) is 8.03. The number of nitrogen functional groups attached to an aromatic ring is 1. The normalized spacial score (nSPS) is 10.3. The van der Waals surface area contributed by atoms with Crippen molar-refractivity contribution in [3.8, 4) is 11.5 Å². The van der Waals surface area contributed by atoms with Gasteiger partial charge in [-0.2, -0.15) is 0 Å². The van der Waals surface area contributed by atoms with E-state index in [9.17, 15) is 8.78 Å². The van der Waals surface area contributed by atoms with Crippen LogP contribution in [0.5, 0.6) is 11.5 Å². The third-order valence-electron chi connectivity index (χ3n) is 2.02. The van der Waals surface area contributed by atoms with Gasteiger partial charge in [0.15, 0.2) is 0 Å². The molecule has 5 heteroatoms. The minimum Gasteiger partial charge on any atom is -0.457 e. The van der Waals surface area contributed by atoms with E-state index in [0.717, 1.165) is 0 Å². The van der Waals surface area contributed by atoms with E-state index in [0.29, 0.717) is 5.75 Å². The maximum absolute atomic E-state index is 13.0. The molecule has 2 aromatic carbocycles. The van der Waals surface area contributed by atoms with Gasteiger partial charge in [-0.15, -0.1) is 0 Å². The predicted octanol–water partition coefficient (Wildman–Crippen LogP) is 4.10. The Morgan fingerprint density at radius 2 is 1.76 bits per heavy atom. The predicted molar refractivity (Wildman–Crippen MR) is 65.0 cm³/mol. The maximum atomic E-state index is 13.0. The van der Waals surface area contributed by atoms with Crippen LogP contribution in [0.15, 0.2) is 40.9 Å². The lowest BCUT2D eigenvalue weighted by Gasteiger charge is -2.07. The molecule has 2 aromatic rings. The monoisotopic (exact) mass is 299 g/mol. The molecule has 0 spiro atoms. The molecule has 88 valence electrons. The van der Waals surface area contributed by atoms with Gasteiger partial charge in [0.25, 0.3) is 0 Å². The Morgan fingerprint density at radius 1 is 1.00 bits per heavy atom. The highest BCUT2D eigenvalue weighted by atomic mass is 79.9. The number of nitrogens with two attached hydrogens (primary N) is 1. The Hall–Kier alpha value is -1.62. The Bertz CT molecular complexity index is 540. The number of benzene rings is 2. The second-order valence-electron chi connectivity index (χ2n) is 3.40. The molecule has 0 amide bonds. The van der Waals surface area contributed by atoms with Crippen molar-refractivity contribution in [3.63, 3.8) is 0 Å². The lowest BCUT2D eigenvalue weighted by atomic mass is 10.3. The Balaban J connectivity index is 2.28. The topological polar surface area (TPSA) is 35.2 Å². The molecule has 0 saturated carbocycles. The zero-order chi connectivity index (χ0) is 12.4. The van der Waals surface area contributed by atoms with Crippen LogP contribution in [0.3, 0.4) is 0 Å². The molecule has 0 atom stereocenters. The standard InChI is InChI=1S/C12H8BrF2NO/c13-11-6-9(1-2-12(11)15)17-10-4-7(14)3-8(16)5-10/h1-6H,16H2. The Kier molecular flexibility index (Phi) is 3.28. The van der Waals surface area contributed by atoms with Crippen molar-refractivity contribution in [2.24, 2.45) is 0 Å². The number of rotatable bonds is 2. The smallest absolute Gasteiger partial charge is 0.137 e. The fourth-order valence-corrected chi connectivity index (χ4v) is 1.68. The van der Waals surface area contributed by atoms with Gasteiger partial charge in [0.1, 0.15) is 23.1 Å². The van der Waals surface area contributed by atoms with Crippen LogP contribution in [0.1, 0.15) is 0 Å². The zero-order valence-corrected chi connectivity index (χ0v) is 10.2. The minimum absolute atomic E-state index is 0.265. The third-order valence-corrected chi connectivity index (χ3v) is 2.63. The molecular formula is C12H8BrF2NO. The van der Waals surface area contributed by atoms with Gasteiger partial charge in [-0.05, 0) is 40.2 Å². The first-order valence-electron chi connectivity index (χ1n) is 4.73. The van der Waals surface area contributed by atoms with Crippen LogP contribution < -0.4 is 10.5 Å². The van der Waals surface area contributed by atoms with Crippen molar-refractivity contribution in [2.45, 2.75) is 0 Å². The third kappa shape index (κ3) is 2.94.